The number of carbonyl (C=O) groups excluding carboxylic acids is 1. The number of anilines is 1. The van der Waals surface area contributed by atoms with E-state index in [-0.39, 0.29) is 5.91 Å². The maximum Gasteiger partial charge on any atom is 0.259 e. The van der Waals surface area contributed by atoms with Gasteiger partial charge in [0.2, 0.25) is 0 Å². The molecule has 1 N–H and O–H groups in total. The van der Waals surface area contributed by atoms with Gasteiger partial charge >= 0.3 is 0 Å². The van der Waals surface area contributed by atoms with Crippen LogP contribution in [0.5, 0.6) is 11.5 Å². The molecule has 0 heterocycles. The van der Waals surface area contributed by atoms with Gasteiger partial charge in [0.15, 0.2) is 0 Å². The highest BCUT2D eigenvalue weighted by Gasteiger charge is 2.12. The van der Waals surface area contributed by atoms with Crippen molar-refractivity contribution in [3.63, 3.8) is 0 Å². The molecule has 5 heteroatoms. The summed E-state index contributed by atoms with van der Waals surface area (Å²) in [6.07, 6.45) is 0. The van der Waals surface area contributed by atoms with Gasteiger partial charge in [-0.25, -0.2) is 0 Å². The van der Waals surface area contributed by atoms with Crippen LogP contribution in [0.3, 0.4) is 0 Å². The van der Waals surface area contributed by atoms with Gasteiger partial charge in [0, 0.05) is 18.4 Å². The fourth-order valence-corrected chi connectivity index (χ4v) is 2.16. The number of hydrogen-bond donors (Lipinski definition) is 1. The first-order valence-corrected chi connectivity index (χ1v) is 8.08. The van der Waals surface area contributed by atoms with Gasteiger partial charge in [-0.3, -0.25) is 4.79 Å². The molecule has 0 saturated carbocycles. The van der Waals surface area contributed by atoms with Crippen molar-refractivity contribution >= 4 is 11.6 Å². The van der Waals surface area contributed by atoms with Crippen LogP contribution in [0.2, 0.25) is 0 Å². The number of amides is 1. The lowest BCUT2D eigenvalue weighted by atomic mass is 10.2. The normalized spacial score (nSPS) is 10.2. The first-order valence-electron chi connectivity index (χ1n) is 8.08. The molecule has 0 radical (unpaired) electrons. The van der Waals surface area contributed by atoms with E-state index in [0.29, 0.717) is 49.2 Å². The van der Waals surface area contributed by atoms with E-state index < -0.39 is 0 Å². The minimum atomic E-state index is -0.217. The first kappa shape index (κ1) is 17.8. The van der Waals surface area contributed by atoms with Crippen molar-refractivity contribution in [2.45, 2.75) is 13.8 Å². The molecule has 0 fully saturated rings. The molecule has 1 amide bonds. The summed E-state index contributed by atoms with van der Waals surface area (Å²) in [5.74, 6) is 1.04. The number of ether oxygens (including phenoxy) is 3. The Morgan fingerprint density at radius 2 is 1.79 bits per heavy atom. The summed E-state index contributed by atoms with van der Waals surface area (Å²) >= 11 is 0. The number of rotatable bonds is 9. The van der Waals surface area contributed by atoms with Gasteiger partial charge in [-0.05, 0) is 38.1 Å². The Kier molecular flexibility index (Phi) is 7.11. The van der Waals surface area contributed by atoms with E-state index in [1.165, 1.54) is 0 Å². The molecule has 0 bridgehead atoms. The quantitative estimate of drug-likeness (QED) is 0.712. The van der Waals surface area contributed by atoms with Crippen LogP contribution in [0, 0.1) is 0 Å². The van der Waals surface area contributed by atoms with Gasteiger partial charge in [-0.15, -0.1) is 0 Å². The lowest BCUT2D eigenvalue weighted by Gasteiger charge is -2.11. The van der Waals surface area contributed by atoms with Crippen molar-refractivity contribution in [2.75, 3.05) is 31.7 Å². The second kappa shape index (κ2) is 9.57. The average molecular weight is 329 g/mol. The van der Waals surface area contributed by atoms with Gasteiger partial charge in [0.25, 0.3) is 5.91 Å². The number of para-hydroxylation sites is 1. The zero-order valence-electron chi connectivity index (χ0n) is 14.1. The number of benzene rings is 2. The molecule has 128 valence electrons. The summed E-state index contributed by atoms with van der Waals surface area (Å²) < 4.78 is 16.3. The number of nitrogens with one attached hydrogen (secondary N) is 1. The van der Waals surface area contributed by atoms with Crippen LogP contribution >= 0.6 is 0 Å². The lowest BCUT2D eigenvalue weighted by Crippen LogP contribution is -2.14. The van der Waals surface area contributed by atoms with Crippen LogP contribution in [0.15, 0.2) is 48.5 Å². The molecule has 0 unspecified atom stereocenters. The summed E-state index contributed by atoms with van der Waals surface area (Å²) in [7, 11) is 0. The van der Waals surface area contributed by atoms with E-state index in [1.807, 2.05) is 44.2 Å². The molecule has 5 nitrogen and oxygen atoms in total. The van der Waals surface area contributed by atoms with Crippen LogP contribution in [-0.4, -0.2) is 32.3 Å². The molecule has 0 spiro atoms. The summed E-state index contributed by atoms with van der Waals surface area (Å²) in [5.41, 5.74) is 1.17. The predicted octanol–water partition coefficient (Wildman–Crippen LogP) is 3.75. The Bertz CT molecular complexity index is 657. The lowest BCUT2D eigenvalue weighted by molar-refractivity contribution is 0.102. The van der Waals surface area contributed by atoms with Gasteiger partial charge in [-0.2, -0.15) is 0 Å². The molecule has 0 atom stereocenters. The largest absolute Gasteiger partial charge is 0.493 e. The second-order valence-corrected chi connectivity index (χ2v) is 4.96. The fourth-order valence-electron chi connectivity index (χ4n) is 2.16. The first-order chi connectivity index (χ1) is 11.7. The van der Waals surface area contributed by atoms with Crippen LogP contribution in [0.4, 0.5) is 5.69 Å². The molecule has 0 saturated heterocycles. The topological polar surface area (TPSA) is 56.8 Å². The van der Waals surface area contributed by atoms with Gasteiger partial charge < -0.3 is 19.5 Å². The Hall–Kier alpha value is -2.53. The summed E-state index contributed by atoms with van der Waals surface area (Å²) in [6, 6.07) is 14.5. The Morgan fingerprint density at radius 1 is 0.958 bits per heavy atom. The zero-order chi connectivity index (χ0) is 17.2. The Balaban J connectivity index is 2.01. The molecule has 0 aliphatic heterocycles. The van der Waals surface area contributed by atoms with E-state index in [0.717, 1.165) is 0 Å². The molecule has 2 rings (SSSR count). The molecule has 0 aromatic heterocycles. The highest BCUT2D eigenvalue weighted by Crippen LogP contribution is 2.22. The van der Waals surface area contributed by atoms with Gasteiger partial charge in [0.05, 0.1) is 18.8 Å². The maximum absolute atomic E-state index is 12.5. The van der Waals surface area contributed by atoms with Crippen molar-refractivity contribution in [2.24, 2.45) is 0 Å². The molecule has 0 aliphatic carbocycles. The molecule has 24 heavy (non-hydrogen) atoms. The Morgan fingerprint density at radius 3 is 2.58 bits per heavy atom. The molecule has 0 aliphatic rings. The minimum Gasteiger partial charge on any atom is -0.493 e. The molecular formula is C19H23NO4. The third-order valence-electron chi connectivity index (χ3n) is 3.22. The minimum absolute atomic E-state index is 0.217. The van der Waals surface area contributed by atoms with E-state index in [9.17, 15) is 4.79 Å². The fraction of sp³-hybridized carbons (Fsp3) is 0.316. The van der Waals surface area contributed by atoms with E-state index in [1.54, 1.807) is 18.2 Å². The summed E-state index contributed by atoms with van der Waals surface area (Å²) in [4.78, 5) is 12.5. The van der Waals surface area contributed by atoms with Crippen molar-refractivity contribution in [1.82, 2.24) is 0 Å². The summed E-state index contributed by atoms with van der Waals surface area (Å²) in [5, 5.41) is 2.87. The van der Waals surface area contributed by atoms with Crippen molar-refractivity contribution < 1.29 is 19.0 Å². The van der Waals surface area contributed by atoms with Crippen molar-refractivity contribution in [1.29, 1.82) is 0 Å². The number of carbonyl (C=O) groups is 1. The van der Waals surface area contributed by atoms with Gasteiger partial charge in [0.1, 0.15) is 18.1 Å². The van der Waals surface area contributed by atoms with Crippen LogP contribution in [0.25, 0.3) is 0 Å². The third kappa shape index (κ3) is 5.28. The van der Waals surface area contributed by atoms with E-state index in [2.05, 4.69) is 5.32 Å². The van der Waals surface area contributed by atoms with Crippen LogP contribution < -0.4 is 14.8 Å². The average Bonchev–Trinajstić information content (AvgIpc) is 2.60. The highest BCUT2D eigenvalue weighted by atomic mass is 16.5. The van der Waals surface area contributed by atoms with Gasteiger partial charge in [-0.1, -0.05) is 18.2 Å². The maximum atomic E-state index is 12.5. The predicted molar refractivity (Wildman–Crippen MR) is 94.0 cm³/mol. The monoisotopic (exact) mass is 329 g/mol. The van der Waals surface area contributed by atoms with Crippen molar-refractivity contribution in [3.05, 3.63) is 54.1 Å². The highest BCUT2D eigenvalue weighted by molar-refractivity contribution is 6.06. The number of hydrogen-bond acceptors (Lipinski definition) is 4. The Labute approximate surface area is 142 Å². The SMILES string of the molecule is CCOCCOc1cccc(NC(=O)c2ccccc2OCC)c1. The van der Waals surface area contributed by atoms with Crippen molar-refractivity contribution in [3.8, 4) is 11.5 Å². The smallest absolute Gasteiger partial charge is 0.259 e. The van der Waals surface area contributed by atoms with E-state index in [4.69, 9.17) is 14.2 Å². The van der Waals surface area contributed by atoms with E-state index >= 15 is 0 Å². The zero-order valence-corrected chi connectivity index (χ0v) is 14.1. The van der Waals surface area contributed by atoms with Crippen LogP contribution in [-0.2, 0) is 4.74 Å². The second-order valence-electron chi connectivity index (χ2n) is 4.96. The molecular weight excluding hydrogens is 306 g/mol. The summed E-state index contributed by atoms with van der Waals surface area (Å²) in [6.45, 7) is 6.01. The molecule has 2 aromatic carbocycles. The molecule has 2 aromatic rings. The standard InChI is InChI=1S/C19H23NO4/c1-3-22-12-13-24-16-9-7-8-15(14-16)20-19(21)17-10-5-6-11-18(17)23-4-2/h5-11,14H,3-4,12-13H2,1-2H3,(H,20,21). The van der Waals surface area contributed by atoms with Crippen LogP contribution in [0.1, 0.15) is 24.2 Å². The third-order valence-corrected chi connectivity index (χ3v) is 3.22.